The third-order valence-corrected chi connectivity index (χ3v) is 4.18. The van der Waals surface area contributed by atoms with E-state index >= 15 is 0 Å². The topological polar surface area (TPSA) is 33.7 Å². The molecule has 3 rings (SSSR count). The Hall–Kier alpha value is -1.46. The van der Waals surface area contributed by atoms with Crippen LogP contribution in [-0.4, -0.2) is 43.9 Å². The fraction of sp³-hybridized carbons (Fsp3) is 0.400. The molecule has 1 aliphatic heterocycles. The Morgan fingerprint density at radius 3 is 2.58 bits per heavy atom. The Balaban J connectivity index is 0.00000169. The van der Waals surface area contributed by atoms with Crippen LogP contribution in [0.15, 0.2) is 54.6 Å². The van der Waals surface area contributed by atoms with Gasteiger partial charge in [-0.25, -0.2) is 0 Å². The molecule has 2 aromatic rings. The molecule has 144 valence electrons. The number of hydrogen-bond donors (Lipinski definition) is 1. The standard InChI is InChI=1S/C20H26N2O2.2ClH/c1-2-23-20-11-7-6-10-19(20)21-14-18-16-22(12-13-24-18)15-17-8-4-3-5-9-17;;/h3-11,18,21H,2,12-16H2,1H3;2*1H/t18-;;/m0../s1. The second-order valence-corrected chi connectivity index (χ2v) is 6.02. The van der Waals surface area contributed by atoms with Crippen molar-refractivity contribution >= 4 is 30.5 Å². The molecule has 4 nitrogen and oxygen atoms in total. The molecule has 0 saturated carbocycles. The molecule has 1 fully saturated rings. The van der Waals surface area contributed by atoms with Crippen molar-refractivity contribution in [3.63, 3.8) is 0 Å². The van der Waals surface area contributed by atoms with Gasteiger partial charge in [-0.05, 0) is 24.6 Å². The summed E-state index contributed by atoms with van der Waals surface area (Å²) in [5, 5.41) is 3.48. The van der Waals surface area contributed by atoms with Crippen molar-refractivity contribution in [3.05, 3.63) is 60.2 Å². The summed E-state index contributed by atoms with van der Waals surface area (Å²) >= 11 is 0. The predicted octanol–water partition coefficient (Wildman–Crippen LogP) is 4.24. The highest BCUT2D eigenvalue weighted by atomic mass is 35.5. The zero-order valence-electron chi connectivity index (χ0n) is 15.1. The smallest absolute Gasteiger partial charge is 0.142 e. The van der Waals surface area contributed by atoms with Gasteiger partial charge in [-0.2, -0.15) is 0 Å². The van der Waals surface area contributed by atoms with Crippen molar-refractivity contribution in [2.45, 2.75) is 19.6 Å². The van der Waals surface area contributed by atoms with Crippen molar-refractivity contribution in [2.75, 3.05) is 38.2 Å². The second kappa shape index (κ2) is 12.0. The molecule has 1 saturated heterocycles. The molecule has 0 aromatic heterocycles. The van der Waals surface area contributed by atoms with Crippen LogP contribution in [0, 0.1) is 0 Å². The van der Waals surface area contributed by atoms with Crippen LogP contribution in [0.5, 0.6) is 5.75 Å². The second-order valence-electron chi connectivity index (χ2n) is 6.02. The highest BCUT2D eigenvalue weighted by Gasteiger charge is 2.20. The molecular formula is C20H28Cl2N2O2. The number of rotatable bonds is 7. The van der Waals surface area contributed by atoms with Gasteiger partial charge in [-0.1, -0.05) is 42.5 Å². The number of hydrogen-bond acceptors (Lipinski definition) is 4. The first-order valence-electron chi connectivity index (χ1n) is 8.68. The molecule has 0 unspecified atom stereocenters. The van der Waals surface area contributed by atoms with Crippen LogP contribution in [0.2, 0.25) is 0 Å². The van der Waals surface area contributed by atoms with Gasteiger partial charge in [0.2, 0.25) is 0 Å². The van der Waals surface area contributed by atoms with Gasteiger partial charge in [0.25, 0.3) is 0 Å². The molecule has 1 N–H and O–H groups in total. The van der Waals surface area contributed by atoms with E-state index in [1.165, 1.54) is 5.56 Å². The molecule has 0 bridgehead atoms. The molecule has 1 aliphatic rings. The van der Waals surface area contributed by atoms with Crippen LogP contribution in [-0.2, 0) is 11.3 Å². The number of morpholine rings is 1. The normalized spacial score (nSPS) is 16.9. The van der Waals surface area contributed by atoms with Gasteiger partial charge in [-0.3, -0.25) is 4.90 Å². The van der Waals surface area contributed by atoms with Crippen molar-refractivity contribution in [3.8, 4) is 5.75 Å². The maximum Gasteiger partial charge on any atom is 0.142 e. The van der Waals surface area contributed by atoms with Crippen LogP contribution >= 0.6 is 24.8 Å². The first-order chi connectivity index (χ1) is 11.8. The minimum atomic E-state index is 0. The van der Waals surface area contributed by atoms with Crippen LogP contribution in [0.1, 0.15) is 12.5 Å². The zero-order chi connectivity index (χ0) is 16.6. The van der Waals surface area contributed by atoms with Crippen molar-refractivity contribution in [1.82, 2.24) is 4.90 Å². The highest BCUT2D eigenvalue weighted by Crippen LogP contribution is 2.24. The van der Waals surface area contributed by atoms with E-state index < -0.39 is 0 Å². The van der Waals surface area contributed by atoms with Gasteiger partial charge in [0.15, 0.2) is 0 Å². The summed E-state index contributed by atoms with van der Waals surface area (Å²) in [6.07, 6.45) is 0.192. The van der Waals surface area contributed by atoms with Gasteiger partial charge in [0, 0.05) is 26.2 Å². The largest absolute Gasteiger partial charge is 0.492 e. The summed E-state index contributed by atoms with van der Waals surface area (Å²) in [4.78, 5) is 2.46. The molecule has 0 aliphatic carbocycles. The average molecular weight is 399 g/mol. The number of benzene rings is 2. The molecule has 2 aromatic carbocycles. The third kappa shape index (κ3) is 6.69. The highest BCUT2D eigenvalue weighted by molar-refractivity contribution is 5.85. The van der Waals surface area contributed by atoms with E-state index in [2.05, 4.69) is 46.6 Å². The van der Waals surface area contributed by atoms with Gasteiger partial charge >= 0.3 is 0 Å². The number of halogens is 2. The number of nitrogens with one attached hydrogen (secondary N) is 1. The number of para-hydroxylation sites is 2. The molecule has 0 amide bonds. The lowest BCUT2D eigenvalue weighted by Crippen LogP contribution is -2.44. The van der Waals surface area contributed by atoms with Crippen LogP contribution < -0.4 is 10.1 Å². The molecular weight excluding hydrogens is 371 g/mol. The number of nitrogens with zero attached hydrogens (tertiary/aromatic N) is 1. The Morgan fingerprint density at radius 1 is 1.08 bits per heavy atom. The fourth-order valence-corrected chi connectivity index (χ4v) is 3.01. The Bertz CT molecular complexity index is 628. The monoisotopic (exact) mass is 398 g/mol. The van der Waals surface area contributed by atoms with Gasteiger partial charge in [0.1, 0.15) is 5.75 Å². The molecule has 0 spiro atoms. The molecule has 6 heteroatoms. The predicted molar refractivity (Wildman–Crippen MR) is 112 cm³/mol. The third-order valence-electron chi connectivity index (χ3n) is 4.18. The van der Waals surface area contributed by atoms with Crippen LogP contribution in [0.4, 0.5) is 5.69 Å². The summed E-state index contributed by atoms with van der Waals surface area (Å²) in [5.74, 6) is 0.900. The SMILES string of the molecule is CCOc1ccccc1NC[C@H]1CN(Cc2ccccc2)CCO1.Cl.Cl. The minimum Gasteiger partial charge on any atom is -0.492 e. The molecule has 1 atom stereocenters. The number of ether oxygens (including phenoxy) is 2. The van der Waals surface area contributed by atoms with Crippen molar-refractivity contribution in [2.24, 2.45) is 0 Å². The van der Waals surface area contributed by atoms with Gasteiger partial charge in [-0.15, -0.1) is 24.8 Å². The van der Waals surface area contributed by atoms with E-state index in [0.29, 0.717) is 6.61 Å². The summed E-state index contributed by atoms with van der Waals surface area (Å²) < 4.78 is 11.6. The van der Waals surface area contributed by atoms with E-state index in [1.54, 1.807) is 0 Å². The van der Waals surface area contributed by atoms with Crippen LogP contribution in [0.3, 0.4) is 0 Å². The zero-order valence-corrected chi connectivity index (χ0v) is 16.7. The molecule has 0 radical (unpaired) electrons. The lowest BCUT2D eigenvalue weighted by molar-refractivity contribution is -0.0240. The fourth-order valence-electron chi connectivity index (χ4n) is 3.01. The van der Waals surface area contributed by atoms with E-state index in [0.717, 1.165) is 44.2 Å². The molecule has 1 heterocycles. The van der Waals surface area contributed by atoms with Crippen molar-refractivity contribution in [1.29, 1.82) is 0 Å². The minimum absolute atomic E-state index is 0. The summed E-state index contributed by atoms with van der Waals surface area (Å²) in [5.41, 5.74) is 2.39. The maximum absolute atomic E-state index is 5.92. The summed E-state index contributed by atoms with van der Waals surface area (Å²) in [6.45, 7) is 7.16. The Labute approximate surface area is 168 Å². The first-order valence-corrected chi connectivity index (χ1v) is 8.68. The van der Waals surface area contributed by atoms with Gasteiger partial charge in [0.05, 0.1) is 25.0 Å². The van der Waals surface area contributed by atoms with Crippen molar-refractivity contribution < 1.29 is 9.47 Å². The van der Waals surface area contributed by atoms with Crippen LogP contribution in [0.25, 0.3) is 0 Å². The number of anilines is 1. The van der Waals surface area contributed by atoms with E-state index in [4.69, 9.17) is 9.47 Å². The first kappa shape index (κ1) is 22.6. The Morgan fingerprint density at radius 2 is 1.81 bits per heavy atom. The maximum atomic E-state index is 5.92. The quantitative estimate of drug-likeness (QED) is 0.755. The summed E-state index contributed by atoms with van der Waals surface area (Å²) in [6, 6.07) is 18.7. The lowest BCUT2D eigenvalue weighted by Gasteiger charge is -2.33. The lowest BCUT2D eigenvalue weighted by atomic mass is 10.2. The van der Waals surface area contributed by atoms with Gasteiger partial charge < -0.3 is 14.8 Å². The van der Waals surface area contributed by atoms with E-state index in [1.807, 2.05) is 25.1 Å². The summed E-state index contributed by atoms with van der Waals surface area (Å²) in [7, 11) is 0. The van der Waals surface area contributed by atoms with E-state index in [9.17, 15) is 0 Å². The Kier molecular flexibility index (Phi) is 10.4. The average Bonchev–Trinajstić information content (AvgIpc) is 2.62. The van der Waals surface area contributed by atoms with E-state index in [-0.39, 0.29) is 30.9 Å². The molecule has 26 heavy (non-hydrogen) atoms.